The average Bonchev–Trinajstić information content (AvgIpc) is 2.26. The number of rotatable bonds is 3. The van der Waals surface area contributed by atoms with Crippen LogP contribution in [0.25, 0.3) is 0 Å². The quantitative estimate of drug-likeness (QED) is 0.801. The normalized spacial score (nSPS) is 34.1. The molecule has 0 aromatic carbocycles. The highest BCUT2D eigenvalue weighted by Gasteiger charge is 2.48. The molecule has 3 atom stereocenters. The van der Waals surface area contributed by atoms with E-state index in [4.69, 9.17) is 4.74 Å². The maximum atomic E-state index is 10.7. The van der Waals surface area contributed by atoms with Gasteiger partial charge < -0.3 is 9.84 Å². The second-order valence-electron chi connectivity index (χ2n) is 6.11. The summed E-state index contributed by atoms with van der Waals surface area (Å²) in [5, 5.41) is 10.7. The predicted molar refractivity (Wildman–Crippen MR) is 65.3 cm³/mol. The molecule has 94 valence electrons. The Balaban J connectivity index is 2.03. The van der Waals surface area contributed by atoms with Crippen LogP contribution >= 0.6 is 0 Å². The first-order chi connectivity index (χ1) is 7.50. The van der Waals surface area contributed by atoms with Crippen LogP contribution in [0, 0.1) is 11.8 Å². The maximum Gasteiger partial charge on any atom is 0.0686 e. The van der Waals surface area contributed by atoms with Gasteiger partial charge in [0.05, 0.1) is 11.2 Å². The van der Waals surface area contributed by atoms with E-state index in [9.17, 15) is 5.11 Å². The molecule has 2 aliphatic rings. The summed E-state index contributed by atoms with van der Waals surface area (Å²) in [5.41, 5.74) is -0.360. The minimum absolute atomic E-state index is 0.153. The second-order valence-corrected chi connectivity index (χ2v) is 6.11. The molecule has 2 heteroatoms. The van der Waals surface area contributed by atoms with Gasteiger partial charge in [0.1, 0.15) is 0 Å². The molecule has 1 aliphatic heterocycles. The Morgan fingerprint density at radius 2 is 2.19 bits per heavy atom. The molecular weight excluding hydrogens is 200 g/mol. The van der Waals surface area contributed by atoms with Crippen LogP contribution < -0.4 is 0 Å². The van der Waals surface area contributed by atoms with Crippen molar-refractivity contribution in [2.75, 3.05) is 6.61 Å². The second kappa shape index (κ2) is 4.30. The minimum Gasteiger partial charge on any atom is -0.390 e. The monoisotopic (exact) mass is 226 g/mol. The van der Waals surface area contributed by atoms with Crippen molar-refractivity contribution in [3.63, 3.8) is 0 Å². The smallest absolute Gasteiger partial charge is 0.0686 e. The summed E-state index contributed by atoms with van der Waals surface area (Å²) < 4.78 is 5.93. The first-order valence-electron chi connectivity index (χ1n) is 6.86. The highest BCUT2D eigenvalue weighted by atomic mass is 16.5. The fraction of sp³-hybridized carbons (Fsp3) is 1.00. The molecule has 1 aliphatic carbocycles. The molecule has 1 saturated heterocycles. The highest BCUT2D eigenvalue weighted by Crippen LogP contribution is 2.48. The summed E-state index contributed by atoms with van der Waals surface area (Å²) in [6, 6.07) is 0. The third-order valence-electron chi connectivity index (χ3n) is 5.19. The lowest BCUT2D eigenvalue weighted by molar-refractivity contribution is -0.181. The molecule has 0 aromatic heterocycles. The summed E-state index contributed by atoms with van der Waals surface area (Å²) in [6.07, 6.45) is 6.87. The van der Waals surface area contributed by atoms with Crippen LogP contribution in [-0.2, 0) is 4.74 Å². The van der Waals surface area contributed by atoms with Gasteiger partial charge in [0.25, 0.3) is 0 Å². The van der Waals surface area contributed by atoms with Crippen LogP contribution in [0.3, 0.4) is 0 Å². The van der Waals surface area contributed by atoms with Gasteiger partial charge in [-0.25, -0.2) is 0 Å². The van der Waals surface area contributed by atoms with Crippen LogP contribution in [0.4, 0.5) is 0 Å². The van der Waals surface area contributed by atoms with Crippen molar-refractivity contribution >= 4 is 0 Å². The molecule has 2 fully saturated rings. The number of aliphatic hydroxyl groups is 1. The molecule has 3 unspecified atom stereocenters. The first kappa shape index (κ1) is 12.4. The van der Waals surface area contributed by atoms with E-state index in [1.54, 1.807) is 0 Å². The average molecular weight is 226 g/mol. The van der Waals surface area contributed by atoms with E-state index in [1.165, 1.54) is 19.3 Å². The maximum absolute atomic E-state index is 10.7. The van der Waals surface area contributed by atoms with Gasteiger partial charge in [-0.15, -0.1) is 0 Å². The Hall–Kier alpha value is -0.0800. The van der Waals surface area contributed by atoms with Crippen molar-refractivity contribution in [1.82, 2.24) is 0 Å². The van der Waals surface area contributed by atoms with Crippen LogP contribution in [0.1, 0.15) is 59.3 Å². The van der Waals surface area contributed by atoms with Gasteiger partial charge in [0, 0.05) is 6.61 Å². The fourth-order valence-electron chi connectivity index (χ4n) is 3.26. The van der Waals surface area contributed by atoms with Gasteiger partial charge in [-0.1, -0.05) is 20.3 Å². The van der Waals surface area contributed by atoms with E-state index in [1.807, 2.05) is 6.92 Å². The van der Waals surface area contributed by atoms with E-state index in [2.05, 4.69) is 13.8 Å². The van der Waals surface area contributed by atoms with E-state index in [0.717, 1.165) is 25.9 Å². The Labute approximate surface area is 99.4 Å². The predicted octanol–water partition coefficient (Wildman–Crippen LogP) is 3.13. The summed E-state index contributed by atoms with van der Waals surface area (Å²) in [5.74, 6) is 0.809. The standard InChI is InChI=1S/C14H26O2/c1-4-11(2)13(3,15)12-6-9-16-14(10-12)7-5-8-14/h11-12,15H,4-10H2,1-3H3. The van der Waals surface area contributed by atoms with Crippen LogP contribution in [-0.4, -0.2) is 22.9 Å². The SMILES string of the molecule is CCC(C)C(C)(O)C1CCOC2(CCC2)C1. The Kier molecular flexibility index (Phi) is 3.33. The number of hydrogen-bond donors (Lipinski definition) is 1. The van der Waals surface area contributed by atoms with Gasteiger partial charge >= 0.3 is 0 Å². The third kappa shape index (κ3) is 2.02. The van der Waals surface area contributed by atoms with E-state index < -0.39 is 5.60 Å². The van der Waals surface area contributed by atoms with Crippen molar-refractivity contribution in [2.24, 2.45) is 11.8 Å². The molecule has 1 N–H and O–H groups in total. The van der Waals surface area contributed by atoms with Gasteiger partial charge in [-0.3, -0.25) is 0 Å². The molecule has 1 spiro atoms. The van der Waals surface area contributed by atoms with E-state index >= 15 is 0 Å². The van der Waals surface area contributed by atoms with Crippen molar-refractivity contribution in [1.29, 1.82) is 0 Å². The Bertz CT molecular complexity index is 243. The molecular formula is C14H26O2. The third-order valence-corrected chi connectivity index (χ3v) is 5.19. The van der Waals surface area contributed by atoms with Crippen molar-refractivity contribution < 1.29 is 9.84 Å². The van der Waals surface area contributed by atoms with E-state index in [-0.39, 0.29) is 5.60 Å². The lowest BCUT2D eigenvalue weighted by Crippen LogP contribution is -2.52. The Morgan fingerprint density at radius 3 is 2.69 bits per heavy atom. The first-order valence-corrected chi connectivity index (χ1v) is 6.86. The van der Waals surface area contributed by atoms with Crippen molar-refractivity contribution in [2.45, 2.75) is 70.5 Å². The fourth-order valence-corrected chi connectivity index (χ4v) is 3.26. The molecule has 16 heavy (non-hydrogen) atoms. The van der Waals surface area contributed by atoms with Gasteiger partial charge in [0.2, 0.25) is 0 Å². The highest BCUT2D eigenvalue weighted by molar-refractivity contribution is 4.99. The summed E-state index contributed by atoms with van der Waals surface area (Å²) in [6.45, 7) is 7.21. The topological polar surface area (TPSA) is 29.5 Å². The van der Waals surface area contributed by atoms with Crippen LogP contribution in [0.5, 0.6) is 0 Å². The van der Waals surface area contributed by atoms with Crippen molar-refractivity contribution in [3.05, 3.63) is 0 Å². The molecule has 0 aromatic rings. The lowest BCUT2D eigenvalue weighted by Gasteiger charge is -2.51. The largest absolute Gasteiger partial charge is 0.390 e. The van der Waals surface area contributed by atoms with Gasteiger partial charge in [0.15, 0.2) is 0 Å². The number of ether oxygens (including phenoxy) is 1. The lowest BCUT2D eigenvalue weighted by atomic mass is 9.65. The molecule has 2 nitrogen and oxygen atoms in total. The Morgan fingerprint density at radius 1 is 1.50 bits per heavy atom. The summed E-state index contributed by atoms with van der Waals surface area (Å²) in [7, 11) is 0. The molecule has 0 amide bonds. The van der Waals surface area contributed by atoms with Crippen LogP contribution in [0.15, 0.2) is 0 Å². The summed E-state index contributed by atoms with van der Waals surface area (Å²) in [4.78, 5) is 0. The van der Waals surface area contributed by atoms with Gasteiger partial charge in [-0.2, -0.15) is 0 Å². The zero-order chi connectivity index (χ0) is 11.8. The molecule has 1 heterocycles. The zero-order valence-corrected chi connectivity index (χ0v) is 11.0. The van der Waals surface area contributed by atoms with Crippen LogP contribution in [0.2, 0.25) is 0 Å². The van der Waals surface area contributed by atoms with Crippen molar-refractivity contribution in [3.8, 4) is 0 Å². The zero-order valence-electron chi connectivity index (χ0n) is 11.0. The molecule has 0 bridgehead atoms. The molecule has 2 rings (SSSR count). The van der Waals surface area contributed by atoms with E-state index in [0.29, 0.717) is 11.8 Å². The van der Waals surface area contributed by atoms with Gasteiger partial charge in [-0.05, 0) is 50.9 Å². The summed E-state index contributed by atoms with van der Waals surface area (Å²) >= 11 is 0. The molecule has 0 radical (unpaired) electrons. The molecule has 1 saturated carbocycles. The minimum atomic E-state index is -0.513. The number of hydrogen-bond acceptors (Lipinski definition) is 2.